The van der Waals surface area contributed by atoms with Crippen molar-refractivity contribution in [1.29, 1.82) is 5.41 Å². The van der Waals surface area contributed by atoms with Crippen molar-refractivity contribution in [3.05, 3.63) is 0 Å². The van der Waals surface area contributed by atoms with E-state index in [9.17, 15) is 0 Å². The maximum absolute atomic E-state index is 7.02. The molecule has 6 heteroatoms. The van der Waals surface area contributed by atoms with Crippen molar-refractivity contribution in [3.8, 4) is 0 Å². The van der Waals surface area contributed by atoms with E-state index >= 15 is 0 Å². The number of rotatable bonds is 14. The molecule has 0 heterocycles. The lowest BCUT2D eigenvalue weighted by atomic mass is 10.1. The number of nitrogens with two attached hydrogens (primary N) is 1. The van der Waals surface area contributed by atoms with Crippen LogP contribution >= 0.6 is 0 Å². The van der Waals surface area contributed by atoms with Crippen LogP contribution in [0.2, 0.25) is 0 Å². The molecule has 0 radical (unpaired) electrons. The van der Waals surface area contributed by atoms with Gasteiger partial charge < -0.3 is 25.8 Å². The molecule has 132 valence electrons. The molecule has 0 saturated heterocycles. The number of hydrogen-bond acceptors (Lipinski definition) is 4. The molecule has 0 rings (SSSR count). The molecular weight excluding hydrogens is 280 g/mol. The zero-order chi connectivity index (χ0) is 16.8. The SMILES string of the molecule is CC(CNCCCO[C@@H](C)C(C)C)COCCCNC(=N)N. The highest BCUT2D eigenvalue weighted by molar-refractivity contribution is 5.74. The second-order valence-corrected chi connectivity index (χ2v) is 6.25. The summed E-state index contributed by atoms with van der Waals surface area (Å²) in [4.78, 5) is 0. The Morgan fingerprint density at radius 1 is 1.09 bits per heavy atom. The molecular formula is C16H36N4O2. The van der Waals surface area contributed by atoms with Crippen molar-refractivity contribution < 1.29 is 9.47 Å². The normalized spacial score (nSPS) is 14.0. The monoisotopic (exact) mass is 316 g/mol. The molecule has 0 spiro atoms. The predicted octanol–water partition coefficient (Wildman–Crippen LogP) is 1.55. The molecule has 0 aliphatic heterocycles. The van der Waals surface area contributed by atoms with Crippen molar-refractivity contribution >= 4 is 5.96 Å². The van der Waals surface area contributed by atoms with Gasteiger partial charge in [-0.25, -0.2) is 0 Å². The Morgan fingerprint density at radius 2 is 1.77 bits per heavy atom. The van der Waals surface area contributed by atoms with Gasteiger partial charge >= 0.3 is 0 Å². The summed E-state index contributed by atoms with van der Waals surface area (Å²) in [6.45, 7) is 13.6. The van der Waals surface area contributed by atoms with E-state index < -0.39 is 0 Å². The van der Waals surface area contributed by atoms with E-state index in [0.717, 1.165) is 39.1 Å². The Hall–Kier alpha value is -0.850. The largest absolute Gasteiger partial charge is 0.381 e. The fourth-order valence-electron chi connectivity index (χ4n) is 1.75. The van der Waals surface area contributed by atoms with Gasteiger partial charge in [0.2, 0.25) is 0 Å². The molecule has 0 aromatic heterocycles. The molecule has 5 N–H and O–H groups in total. The lowest BCUT2D eigenvalue weighted by Gasteiger charge is -2.17. The highest BCUT2D eigenvalue weighted by Gasteiger charge is 2.06. The Labute approximate surface area is 136 Å². The Morgan fingerprint density at radius 3 is 2.41 bits per heavy atom. The van der Waals surface area contributed by atoms with Crippen LogP contribution in [0.15, 0.2) is 0 Å². The second-order valence-electron chi connectivity index (χ2n) is 6.25. The van der Waals surface area contributed by atoms with Crippen molar-refractivity contribution in [2.75, 3.05) is 39.5 Å². The summed E-state index contributed by atoms with van der Waals surface area (Å²) in [5.74, 6) is 1.09. The molecule has 22 heavy (non-hydrogen) atoms. The van der Waals surface area contributed by atoms with Gasteiger partial charge in [-0.3, -0.25) is 5.41 Å². The zero-order valence-corrected chi connectivity index (χ0v) is 14.8. The van der Waals surface area contributed by atoms with Gasteiger partial charge in [0.05, 0.1) is 12.7 Å². The van der Waals surface area contributed by atoms with E-state index in [0.29, 0.717) is 31.1 Å². The Kier molecular flexibility index (Phi) is 13.3. The summed E-state index contributed by atoms with van der Waals surface area (Å²) in [7, 11) is 0. The average Bonchev–Trinajstić information content (AvgIpc) is 2.45. The highest BCUT2D eigenvalue weighted by atomic mass is 16.5. The summed E-state index contributed by atoms with van der Waals surface area (Å²) >= 11 is 0. The Bertz CT molecular complexity index is 275. The summed E-state index contributed by atoms with van der Waals surface area (Å²) in [6.07, 6.45) is 2.25. The maximum Gasteiger partial charge on any atom is 0.185 e. The molecule has 0 aromatic rings. The van der Waals surface area contributed by atoms with Gasteiger partial charge in [0, 0.05) is 19.8 Å². The topological polar surface area (TPSA) is 92.4 Å². The van der Waals surface area contributed by atoms with Crippen LogP contribution in [0.3, 0.4) is 0 Å². The van der Waals surface area contributed by atoms with Crippen molar-refractivity contribution in [3.63, 3.8) is 0 Å². The number of ether oxygens (including phenoxy) is 2. The predicted molar refractivity (Wildman–Crippen MR) is 92.3 cm³/mol. The van der Waals surface area contributed by atoms with E-state index in [2.05, 4.69) is 38.3 Å². The minimum absolute atomic E-state index is 0.0179. The number of nitrogens with one attached hydrogen (secondary N) is 3. The third-order valence-corrected chi connectivity index (χ3v) is 3.49. The molecule has 0 aliphatic carbocycles. The maximum atomic E-state index is 7.02. The molecule has 0 aliphatic rings. The molecule has 2 atom stereocenters. The van der Waals surface area contributed by atoms with E-state index in [1.807, 2.05) is 0 Å². The smallest absolute Gasteiger partial charge is 0.185 e. The van der Waals surface area contributed by atoms with Crippen molar-refractivity contribution in [2.24, 2.45) is 17.6 Å². The minimum atomic E-state index is 0.0179. The van der Waals surface area contributed by atoms with E-state index in [4.69, 9.17) is 20.6 Å². The van der Waals surface area contributed by atoms with Crippen LogP contribution in [0.25, 0.3) is 0 Å². The quantitative estimate of drug-likeness (QED) is 0.222. The average molecular weight is 316 g/mol. The lowest BCUT2D eigenvalue weighted by Crippen LogP contribution is -2.31. The van der Waals surface area contributed by atoms with Gasteiger partial charge in [-0.05, 0) is 44.7 Å². The molecule has 0 bridgehead atoms. The zero-order valence-electron chi connectivity index (χ0n) is 14.8. The lowest BCUT2D eigenvalue weighted by molar-refractivity contribution is 0.0340. The van der Waals surface area contributed by atoms with E-state index in [-0.39, 0.29) is 5.96 Å². The van der Waals surface area contributed by atoms with Crippen LogP contribution in [0.5, 0.6) is 0 Å². The summed E-state index contributed by atoms with van der Waals surface area (Å²) in [5, 5.41) is 13.2. The molecule has 0 aromatic carbocycles. The highest BCUT2D eigenvalue weighted by Crippen LogP contribution is 2.05. The van der Waals surface area contributed by atoms with E-state index in [1.165, 1.54) is 0 Å². The minimum Gasteiger partial charge on any atom is -0.381 e. The first-order valence-corrected chi connectivity index (χ1v) is 8.41. The molecule has 6 nitrogen and oxygen atoms in total. The fraction of sp³-hybridized carbons (Fsp3) is 0.938. The van der Waals surface area contributed by atoms with Gasteiger partial charge in [0.15, 0.2) is 5.96 Å². The molecule has 1 unspecified atom stereocenters. The summed E-state index contributed by atoms with van der Waals surface area (Å²) in [5.41, 5.74) is 5.19. The van der Waals surface area contributed by atoms with Crippen molar-refractivity contribution in [1.82, 2.24) is 10.6 Å². The fourth-order valence-corrected chi connectivity index (χ4v) is 1.75. The van der Waals surface area contributed by atoms with Gasteiger partial charge in [0.1, 0.15) is 0 Å². The van der Waals surface area contributed by atoms with Crippen molar-refractivity contribution in [2.45, 2.75) is 46.6 Å². The van der Waals surface area contributed by atoms with Crippen LogP contribution in [0.1, 0.15) is 40.5 Å². The summed E-state index contributed by atoms with van der Waals surface area (Å²) < 4.78 is 11.3. The molecule has 0 saturated carbocycles. The van der Waals surface area contributed by atoms with Gasteiger partial charge in [-0.15, -0.1) is 0 Å². The molecule has 0 fully saturated rings. The van der Waals surface area contributed by atoms with Crippen LogP contribution in [-0.2, 0) is 9.47 Å². The number of guanidine groups is 1. The van der Waals surface area contributed by atoms with Crippen LogP contribution < -0.4 is 16.4 Å². The third-order valence-electron chi connectivity index (χ3n) is 3.49. The van der Waals surface area contributed by atoms with Gasteiger partial charge in [-0.2, -0.15) is 0 Å². The number of hydrogen-bond donors (Lipinski definition) is 4. The first-order chi connectivity index (χ1) is 10.4. The summed E-state index contributed by atoms with van der Waals surface area (Å²) in [6, 6.07) is 0. The second kappa shape index (κ2) is 13.8. The van der Waals surface area contributed by atoms with Crippen LogP contribution in [-0.4, -0.2) is 51.5 Å². The van der Waals surface area contributed by atoms with Crippen LogP contribution in [0.4, 0.5) is 0 Å². The van der Waals surface area contributed by atoms with Gasteiger partial charge in [0.25, 0.3) is 0 Å². The van der Waals surface area contributed by atoms with E-state index in [1.54, 1.807) is 0 Å². The first kappa shape index (κ1) is 21.1. The van der Waals surface area contributed by atoms with Gasteiger partial charge in [-0.1, -0.05) is 20.8 Å². The molecule has 0 amide bonds. The Balaban J connectivity index is 3.29. The van der Waals surface area contributed by atoms with Crippen LogP contribution in [0, 0.1) is 17.2 Å². The third kappa shape index (κ3) is 14.1. The first-order valence-electron chi connectivity index (χ1n) is 8.41. The standard InChI is InChI=1S/C16H36N4O2/c1-13(2)15(4)22-10-5-7-19-11-14(3)12-21-9-6-8-20-16(17)18/h13-15,19H,5-12H2,1-4H3,(H4,17,18,20)/t14?,15-/m0/s1.